The first-order valence-electron chi connectivity index (χ1n) is 18.5. The third-order valence-electron chi connectivity index (χ3n) is 10.4. The summed E-state index contributed by atoms with van der Waals surface area (Å²) in [5.74, 6) is -2.80. The van der Waals surface area contributed by atoms with Gasteiger partial charge in [0, 0.05) is 13.1 Å². The summed E-state index contributed by atoms with van der Waals surface area (Å²) in [6.45, 7) is 20.8. The number of hydrogen-bond donors (Lipinski definition) is 4. The minimum absolute atomic E-state index is 0.0355. The van der Waals surface area contributed by atoms with E-state index >= 15 is 0 Å². The fourth-order valence-electron chi connectivity index (χ4n) is 7.35. The van der Waals surface area contributed by atoms with Crippen LogP contribution in [0, 0.1) is 28.6 Å². The van der Waals surface area contributed by atoms with Gasteiger partial charge in [0.2, 0.25) is 23.5 Å². The number of nitrogens with zero attached hydrogens (tertiary/aromatic N) is 1. The second-order valence-electron chi connectivity index (χ2n) is 17.4. The number of likely N-dealkylation sites (tertiary alicyclic amines) is 1. The van der Waals surface area contributed by atoms with Crippen molar-refractivity contribution in [2.45, 2.75) is 150 Å². The van der Waals surface area contributed by atoms with Gasteiger partial charge in [-0.15, -0.1) is 6.58 Å². The maximum atomic E-state index is 14.6. The fourth-order valence-corrected chi connectivity index (χ4v) is 7.35. The van der Waals surface area contributed by atoms with Gasteiger partial charge in [-0.1, -0.05) is 79.7 Å². The molecule has 1 saturated heterocycles. The standard InChI is InChI=1S/C38H63N5O7/c1-11-20-39-32(46)28(44)26(22-24-15-16-24)40-31(45)27-25(23(2)3)17-21-43(27)34(48)30(36(4,5)6)41-33(47)29(38(10)18-13-12-14-19-38)42-35(49)50-37(7,8)9/h11,23-27,29-30H,1,12-22H2,2-10H3,(H,39,46)(H,40,45)(H,41,47)(H,42,49)/t25-,26?,27+,29-,30-/m1/s1. The van der Waals surface area contributed by atoms with Crippen LogP contribution < -0.4 is 21.3 Å². The molecular weight excluding hydrogens is 638 g/mol. The van der Waals surface area contributed by atoms with E-state index in [-0.39, 0.29) is 24.3 Å². The van der Waals surface area contributed by atoms with Crippen LogP contribution in [-0.4, -0.2) is 83.3 Å². The number of carbonyl (C=O) groups excluding carboxylic acids is 6. The maximum Gasteiger partial charge on any atom is 0.408 e. The van der Waals surface area contributed by atoms with Gasteiger partial charge in [-0.25, -0.2) is 4.79 Å². The largest absolute Gasteiger partial charge is 0.444 e. The first kappa shape index (κ1) is 41.0. The van der Waals surface area contributed by atoms with E-state index in [2.05, 4.69) is 27.8 Å². The summed E-state index contributed by atoms with van der Waals surface area (Å²) >= 11 is 0. The van der Waals surface area contributed by atoms with E-state index in [1.54, 1.807) is 20.8 Å². The van der Waals surface area contributed by atoms with Crippen molar-refractivity contribution in [1.29, 1.82) is 0 Å². The Balaban J connectivity index is 1.90. The quantitative estimate of drug-likeness (QED) is 0.154. The molecule has 0 aromatic carbocycles. The lowest BCUT2D eigenvalue weighted by Crippen LogP contribution is -2.63. The number of ketones is 1. The number of amides is 5. The summed E-state index contributed by atoms with van der Waals surface area (Å²) in [5, 5.41) is 11.2. The van der Waals surface area contributed by atoms with Crippen molar-refractivity contribution in [3.05, 3.63) is 12.7 Å². The summed E-state index contributed by atoms with van der Waals surface area (Å²) in [6, 6.07) is -3.89. The SMILES string of the molecule is C=CCNC(=O)C(=O)C(CC1CC1)NC(=O)[C@@H]1[C@@H](C(C)C)CCN1C(=O)[C@@H](NC(=O)[C@@H](NC(=O)OC(C)(C)C)C1(C)CCCCC1)C(C)(C)C. The highest BCUT2D eigenvalue weighted by Crippen LogP contribution is 2.40. The Kier molecular flexibility index (Phi) is 13.7. The highest BCUT2D eigenvalue weighted by atomic mass is 16.6. The number of Topliss-reactive ketones (excluding diaryl/α,β-unsaturated/α-hetero) is 1. The molecule has 1 unspecified atom stereocenters. The number of rotatable bonds is 14. The third-order valence-corrected chi connectivity index (χ3v) is 10.4. The first-order valence-corrected chi connectivity index (χ1v) is 18.5. The van der Waals surface area contributed by atoms with Crippen molar-refractivity contribution in [3.8, 4) is 0 Å². The highest BCUT2D eigenvalue weighted by Gasteiger charge is 2.49. The molecule has 5 amide bonds. The van der Waals surface area contributed by atoms with Crippen molar-refractivity contribution < 1.29 is 33.5 Å². The number of hydrogen-bond acceptors (Lipinski definition) is 7. The van der Waals surface area contributed by atoms with Gasteiger partial charge >= 0.3 is 6.09 Å². The smallest absolute Gasteiger partial charge is 0.408 e. The van der Waals surface area contributed by atoms with Crippen LogP contribution in [-0.2, 0) is 28.7 Å². The Morgan fingerprint density at radius 3 is 2.06 bits per heavy atom. The zero-order valence-electron chi connectivity index (χ0n) is 31.9. The Hall–Kier alpha value is -3.44. The normalized spacial score (nSPS) is 22.5. The summed E-state index contributed by atoms with van der Waals surface area (Å²) in [4.78, 5) is 83.4. The van der Waals surface area contributed by atoms with E-state index in [1.807, 2.05) is 41.5 Å². The molecule has 1 heterocycles. The van der Waals surface area contributed by atoms with E-state index in [0.717, 1.165) is 44.9 Å². The van der Waals surface area contributed by atoms with Crippen molar-refractivity contribution >= 4 is 35.5 Å². The molecule has 0 aromatic heterocycles. The highest BCUT2D eigenvalue weighted by molar-refractivity contribution is 6.38. The van der Waals surface area contributed by atoms with Crippen LogP contribution in [0.4, 0.5) is 4.79 Å². The van der Waals surface area contributed by atoms with Crippen LogP contribution >= 0.6 is 0 Å². The molecule has 0 bridgehead atoms. The minimum Gasteiger partial charge on any atom is -0.444 e. The zero-order chi connectivity index (χ0) is 37.6. The number of alkyl carbamates (subject to hydrolysis) is 1. The molecule has 4 N–H and O–H groups in total. The fraction of sp³-hybridized carbons (Fsp3) is 0.789. The van der Waals surface area contributed by atoms with Crippen LogP contribution in [0.1, 0.15) is 120 Å². The lowest BCUT2D eigenvalue weighted by Gasteiger charge is -2.42. The Morgan fingerprint density at radius 1 is 0.920 bits per heavy atom. The summed E-state index contributed by atoms with van der Waals surface area (Å²) in [7, 11) is 0. The van der Waals surface area contributed by atoms with Crippen molar-refractivity contribution in [1.82, 2.24) is 26.2 Å². The molecule has 0 aromatic rings. The van der Waals surface area contributed by atoms with Crippen LogP contribution in [0.5, 0.6) is 0 Å². The second kappa shape index (κ2) is 16.7. The van der Waals surface area contributed by atoms with E-state index in [1.165, 1.54) is 11.0 Å². The van der Waals surface area contributed by atoms with Gasteiger partial charge in [0.1, 0.15) is 23.7 Å². The Morgan fingerprint density at radius 2 is 1.54 bits per heavy atom. The molecular formula is C38H63N5O7. The maximum absolute atomic E-state index is 14.6. The molecule has 3 aliphatic rings. The van der Waals surface area contributed by atoms with Crippen LogP contribution in [0.25, 0.3) is 0 Å². The lowest BCUT2D eigenvalue weighted by molar-refractivity contribution is -0.146. The first-order chi connectivity index (χ1) is 23.2. The molecule has 12 nitrogen and oxygen atoms in total. The average molecular weight is 702 g/mol. The molecule has 2 saturated carbocycles. The van der Waals surface area contributed by atoms with Crippen molar-refractivity contribution in [3.63, 3.8) is 0 Å². The van der Waals surface area contributed by atoms with E-state index in [0.29, 0.717) is 19.4 Å². The van der Waals surface area contributed by atoms with Gasteiger partial charge in [0.15, 0.2) is 0 Å². The van der Waals surface area contributed by atoms with E-state index in [4.69, 9.17) is 4.74 Å². The topological polar surface area (TPSA) is 163 Å². The van der Waals surface area contributed by atoms with Gasteiger partial charge in [-0.2, -0.15) is 0 Å². The molecule has 0 spiro atoms. The molecule has 3 fully saturated rings. The monoisotopic (exact) mass is 701 g/mol. The molecule has 5 atom stereocenters. The Labute approximate surface area is 299 Å². The van der Waals surface area contributed by atoms with Gasteiger partial charge in [0.25, 0.3) is 5.91 Å². The second-order valence-corrected chi connectivity index (χ2v) is 17.4. The van der Waals surface area contributed by atoms with Gasteiger partial charge in [-0.05, 0) is 75.0 Å². The van der Waals surface area contributed by atoms with E-state index in [9.17, 15) is 28.8 Å². The summed E-state index contributed by atoms with van der Waals surface area (Å²) in [6.07, 6.45) is 7.87. The molecule has 3 rings (SSSR count). The molecule has 50 heavy (non-hydrogen) atoms. The molecule has 12 heteroatoms. The molecule has 1 aliphatic heterocycles. The molecule has 2 aliphatic carbocycles. The zero-order valence-corrected chi connectivity index (χ0v) is 31.9. The minimum atomic E-state index is -1.03. The van der Waals surface area contributed by atoms with Crippen molar-refractivity contribution in [2.24, 2.45) is 28.6 Å². The predicted octanol–water partition coefficient (Wildman–Crippen LogP) is 4.41. The molecule has 0 radical (unpaired) electrons. The average Bonchev–Trinajstić information content (AvgIpc) is 3.71. The number of nitrogens with one attached hydrogen (secondary N) is 4. The van der Waals surface area contributed by atoms with Crippen LogP contribution in [0.15, 0.2) is 12.7 Å². The summed E-state index contributed by atoms with van der Waals surface area (Å²) in [5.41, 5.74) is -2.08. The van der Waals surface area contributed by atoms with Crippen molar-refractivity contribution in [2.75, 3.05) is 13.1 Å². The Bertz CT molecular complexity index is 1270. The summed E-state index contributed by atoms with van der Waals surface area (Å²) < 4.78 is 5.54. The predicted molar refractivity (Wildman–Crippen MR) is 192 cm³/mol. The van der Waals surface area contributed by atoms with Gasteiger partial charge in [0.05, 0.1) is 6.04 Å². The van der Waals surface area contributed by atoms with Gasteiger partial charge in [-0.3, -0.25) is 24.0 Å². The number of carbonyl (C=O) groups is 6. The van der Waals surface area contributed by atoms with Gasteiger partial charge < -0.3 is 30.9 Å². The van der Waals surface area contributed by atoms with E-state index < -0.39 is 76.1 Å². The number of ether oxygens (including phenoxy) is 1. The molecule has 282 valence electrons. The lowest BCUT2D eigenvalue weighted by atomic mass is 9.70. The van der Waals surface area contributed by atoms with Crippen LogP contribution in [0.3, 0.4) is 0 Å². The third kappa shape index (κ3) is 11.0. The van der Waals surface area contributed by atoms with Crippen LogP contribution in [0.2, 0.25) is 0 Å².